The van der Waals surface area contributed by atoms with E-state index in [1.165, 1.54) is 0 Å². The lowest BCUT2D eigenvalue weighted by molar-refractivity contribution is 0.0999. The summed E-state index contributed by atoms with van der Waals surface area (Å²) >= 11 is 0. The average molecular weight is 400 g/mol. The molecule has 2 amide bonds. The summed E-state index contributed by atoms with van der Waals surface area (Å²) in [7, 11) is 0. The first-order chi connectivity index (χ1) is 14.7. The highest BCUT2D eigenvalue weighted by Gasteiger charge is 2.23. The van der Waals surface area contributed by atoms with E-state index in [1.54, 1.807) is 54.6 Å². The van der Waals surface area contributed by atoms with Gasteiger partial charge in [0.05, 0.1) is 12.2 Å². The summed E-state index contributed by atoms with van der Waals surface area (Å²) < 4.78 is 11.3. The maximum atomic E-state index is 13.0. The van der Waals surface area contributed by atoms with Crippen LogP contribution < -0.4 is 15.4 Å². The van der Waals surface area contributed by atoms with Gasteiger partial charge in [-0.1, -0.05) is 42.5 Å². The standard InChI is InChI=1S/C24H20N2O4/c1-2-29-19-14-8-7-13-18(19)23(27)26-21-17-12-6-9-15-20(17)30-22(21)24(28)25-16-10-4-3-5-11-16/h3-15H,2H2,1H3,(H,25,28)(H,26,27). The van der Waals surface area contributed by atoms with Gasteiger partial charge >= 0.3 is 0 Å². The lowest BCUT2D eigenvalue weighted by atomic mass is 10.1. The smallest absolute Gasteiger partial charge is 0.293 e. The van der Waals surface area contributed by atoms with Crippen LogP contribution in [-0.4, -0.2) is 18.4 Å². The van der Waals surface area contributed by atoms with Crippen LogP contribution in [0.1, 0.15) is 27.8 Å². The quantitative estimate of drug-likeness (QED) is 0.458. The molecule has 0 saturated heterocycles. The molecule has 2 N–H and O–H groups in total. The predicted octanol–water partition coefficient (Wildman–Crippen LogP) is 5.34. The molecule has 0 atom stereocenters. The van der Waals surface area contributed by atoms with Crippen molar-refractivity contribution in [3.05, 3.63) is 90.2 Å². The van der Waals surface area contributed by atoms with Crippen LogP contribution in [0.2, 0.25) is 0 Å². The summed E-state index contributed by atoms with van der Waals surface area (Å²) in [5.41, 5.74) is 1.82. The van der Waals surface area contributed by atoms with Crippen LogP contribution in [0.15, 0.2) is 83.3 Å². The van der Waals surface area contributed by atoms with Crippen LogP contribution in [0.4, 0.5) is 11.4 Å². The summed E-state index contributed by atoms with van der Waals surface area (Å²) in [6.45, 7) is 2.29. The van der Waals surface area contributed by atoms with Crippen molar-refractivity contribution in [2.24, 2.45) is 0 Å². The first-order valence-electron chi connectivity index (χ1n) is 9.58. The number of para-hydroxylation sites is 3. The lowest BCUT2D eigenvalue weighted by Crippen LogP contribution is -2.18. The van der Waals surface area contributed by atoms with Crippen LogP contribution in [0.3, 0.4) is 0 Å². The third-order valence-electron chi connectivity index (χ3n) is 4.50. The molecule has 150 valence electrons. The van der Waals surface area contributed by atoms with Crippen molar-refractivity contribution in [1.29, 1.82) is 0 Å². The Morgan fingerprint density at radius 3 is 2.33 bits per heavy atom. The Balaban J connectivity index is 1.70. The van der Waals surface area contributed by atoms with Crippen LogP contribution in [0, 0.1) is 0 Å². The van der Waals surface area contributed by atoms with Crippen LogP contribution in [0.25, 0.3) is 11.0 Å². The monoisotopic (exact) mass is 400 g/mol. The molecule has 4 rings (SSSR count). The van der Waals surface area contributed by atoms with E-state index in [0.717, 1.165) is 0 Å². The van der Waals surface area contributed by atoms with Crippen molar-refractivity contribution in [2.45, 2.75) is 6.92 Å². The number of carbonyl (C=O) groups is 2. The Morgan fingerprint density at radius 2 is 1.53 bits per heavy atom. The number of amides is 2. The molecule has 0 radical (unpaired) electrons. The Labute approximate surface area is 173 Å². The van der Waals surface area contributed by atoms with Gasteiger partial charge in [0.2, 0.25) is 5.76 Å². The topological polar surface area (TPSA) is 80.6 Å². The SMILES string of the molecule is CCOc1ccccc1C(=O)Nc1c(C(=O)Nc2ccccc2)oc2ccccc12. The van der Waals surface area contributed by atoms with Crippen molar-refractivity contribution in [1.82, 2.24) is 0 Å². The van der Waals surface area contributed by atoms with Crippen LogP contribution in [0.5, 0.6) is 5.75 Å². The van der Waals surface area contributed by atoms with Gasteiger partial charge in [-0.15, -0.1) is 0 Å². The number of rotatable bonds is 6. The molecule has 0 unspecified atom stereocenters. The maximum absolute atomic E-state index is 13.0. The van der Waals surface area contributed by atoms with Crippen molar-refractivity contribution < 1.29 is 18.7 Å². The predicted molar refractivity (Wildman–Crippen MR) is 116 cm³/mol. The highest BCUT2D eigenvalue weighted by atomic mass is 16.5. The molecule has 0 saturated carbocycles. The first-order valence-corrected chi connectivity index (χ1v) is 9.58. The fourth-order valence-electron chi connectivity index (χ4n) is 3.16. The molecule has 0 bridgehead atoms. The molecule has 6 nitrogen and oxygen atoms in total. The molecule has 0 aliphatic heterocycles. The second-order valence-electron chi connectivity index (χ2n) is 6.51. The molecule has 0 fully saturated rings. The Bertz CT molecular complexity index is 1200. The summed E-state index contributed by atoms with van der Waals surface area (Å²) in [6, 6.07) is 23.2. The van der Waals surface area contributed by atoms with Gasteiger partial charge in [-0.05, 0) is 43.3 Å². The molecule has 6 heteroatoms. The molecule has 0 aliphatic rings. The average Bonchev–Trinajstić information content (AvgIpc) is 3.14. The molecule has 0 spiro atoms. The van der Waals surface area contributed by atoms with Crippen LogP contribution >= 0.6 is 0 Å². The van der Waals surface area contributed by atoms with E-state index in [0.29, 0.717) is 40.3 Å². The molecule has 0 aliphatic carbocycles. The fourth-order valence-corrected chi connectivity index (χ4v) is 3.16. The number of furan rings is 1. The second kappa shape index (κ2) is 8.53. The Kier molecular flexibility index (Phi) is 5.48. The normalized spacial score (nSPS) is 10.6. The van der Waals surface area contributed by atoms with Gasteiger partial charge in [0, 0.05) is 11.1 Å². The molecular weight excluding hydrogens is 380 g/mol. The van der Waals surface area contributed by atoms with Crippen molar-refractivity contribution >= 4 is 34.2 Å². The van der Waals surface area contributed by atoms with Crippen molar-refractivity contribution in [3.63, 3.8) is 0 Å². The summed E-state index contributed by atoms with van der Waals surface area (Å²) in [5, 5.41) is 6.27. The highest BCUT2D eigenvalue weighted by molar-refractivity contribution is 6.17. The van der Waals surface area contributed by atoms with Gasteiger partial charge in [-0.2, -0.15) is 0 Å². The van der Waals surface area contributed by atoms with Gasteiger partial charge in [0.1, 0.15) is 17.0 Å². The summed E-state index contributed by atoms with van der Waals surface area (Å²) in [6.07, 6.45) is 0. The van der Waals surface area contributed by atoms with Crippen molar-refractivity contribution in [2.75, 3.05) is 17.2 Å². The van der Waals surface area contributed by atoms with Gasteiger partial charge in [0.15, 0.2) is 0 Å². The molecule has 1 heterocycles. The minimum atomic E-state index is -0.453. The van der Waals surface area contributed by atoms with E-state index in [4.69, 9.17) is 9.15 Å². The van der Waals surface area contributed by atoms with E-state index in [-0.39, 0.29) is 11.7 Å². The van der Waals surface area contributed by atoms with Crippen LogP contribution in [-0.2, 0) is 0 Å². The largest absolute Gasteiger partial charge is 0.493 e. The lowest BCUT2D eigenvalue weighted by Gasteiger charge is -2.11. The molecule has 3 aromatic carbocycles. The molecule has 4 aromatic rings. The third-order valence-corrected chi connectivity index (χ3v) is 4.50. The van der Waals surface area contributed by atoms with Gasteiger partial charge in [0.25, 0.3) is 11.8 Å². The number of ether oxygens (including phenoxy) is 1. The number of carbonyl (C=O) groups excluding carboxylic acids is 2. The molecule has 1 aromatic heterocycles. The third kappa shape index (κ3) is 3.89. The second-order valence-corrected chi connectivity index (χ2v) is 6.51. The minimum absolute atomic E-state index is 0.0299. The fraction of sp³-hybridized carbons (Fsp3) is 0.0833. The zero-order valence-corrected chi connectivity index (χ0v) is 16.3. The van der Waals surface area contributed by atoms with Gasteiger partial charge in [-0.25, -0.2) is 0 Å². The van der Waals surface area contributed by atoms with E-state index >= 15 is 0 Å². The molecular formula is C24H20N2O4. The zero-order chi connectivity index (χ0) is 20.9. The number of anilines is 2. The van der Waals surface area contributed by atoms with Gasteiger partial charge < -0.3 is 19.8 Å². The summed E-state index contributed by atoms with van der Waals surface area (Å²) in [5.74, 6) is -0.340. The number of fused-ring (bicyclic) bond motifs is 1. The maximum Gasteiger partial charge on any atom is 0.293 e. The number of hydrogen-bond donors (Lipinski definition) is 2. The number of nitrogens with one attached hydrogen (secondary N) is 2. The minimum Gasteiger partial charge on any atom is -0.493 e. The Hall–Kier alpha value is -4.06. The van der Waals surface area contributed by atoms with E-state index in [1.807, 2.05) is 31.2 Å². The van der Waals surface area contributed by atoms with Crippen molar-refractivity contribution in [3.8, 4) is 5.75 Å². The first kappa shape index (κ1) is 19.3. The van der Waals surface area contributed by atoms with E-state index in [2.05, 4.69) is 10.6 Å². The summed E-state index contributed by atoms with van der Waals surface area (Å²) in [4.78, 5) is 25.9. The van der Waals surface area contributed by atoms with E-state index in [9.17, 15) is 9.59 Å². The zero-order valence-electron chi connectivity index (χ0n) is 16.3. The number of hydrogen-bond acceptors (Lipinski definition) is 4. The Morgan fingerprint density at radius 1 is 0.833 bits per heavy atom. The number of benzene rings is 3. The molecule has 30 heavy (non-hydrogen) atoms. The van der Waals surface area contributed by atoms with Gasteiger partial charge in [-0.3, -0.25) is 9.59 Å². The highest BCUT2D eigenvalue weighted by Crippen LogP contribution is 2.32. The van der Waals surface area contributed by atoms with E-state index < -0.39 is 5.91 Å².